The van der Waals surface area contributed by atoms with Crippen LogP contribution >= 0.6 is 0 Å². The lowest BCUT2D eigenvalue weighted by Crippen LogP contribution is -2.42. The molecule has 6 heteroatoms. The molecule has 0 atom stereocenters. The molecular formula is C8H19N5O. The van der Waals surface area contributed by atoms with Gasteiger partial charge in [-0.1, -0.05) is 6.92 Å². The third-order valence-corrected chi connectivity index (χ3v) is 1.52. The third-order valence-electron chi connectivity index (χ3n) is 1.52. The molecule has 0 aliphatic rings. The van der Waals surface area contributed by atoms with Crippen molar-refractivity contribution in [3.63, 3.8) is 0 Å². The van der Waals surface area contributed by atoms with Gasteiger partial charge in [-0.15, -0.1) is 0 Å². The lowest BCUT2D eigenvalue weighted by molar-refractivity contribution is -0.118. The topological polar surface area (TPSA) is 106 Å². The first-order valence-electron chi connectivity index (χ1n) is 4.74. The molecule has 6 N–H and O–H groups in total. The summed E-state index contributed by atoms with van der Waals surface area (Å²) in [6, 6.07) is 0. The van der Waals surface area contributed by atoms with Crippen LogP contribution < -0.4 is 22.3 Å². The molecule has 0 aromatic rings. The summed E-state index contributed by atoms with van der Waals surface area (Å²) >= 11 is 0. The summed E-state index contributed by atoms with van der Waals surface area (Å²) < 4.78 is 0. The Morgan fingerprint density at radius 1 is 1.50 bits per heavy atom. The fraction of sp³-hybridized carbons (Fsp3) is 0.750. The Morgan fingerprint density at radius 2 is 2.21 bits per heavy atom. The molecule has 0 heterocycles. The van der Waals surface area contributed by atoms with Crippen LogP contribution in [0.2, 0.25) is 0 Å². The van der Waals surface area contributed by atoms with E-state index in [0.29, 0.717) is 25.3 Å². The number of carbonyl (C=O) groups is 1. The van der Waals surface area contributed by atoms with Crippen molar-refractivity contribution in [2.45, 2.75) is 26.2 Å². The number of nitrogens with zero attached hydrogens (tertiary/aromatic N) is 1. The summed E-state index contributed by atoms with van der Waals surface area (Å²) in [5.74, 6) is 5.48. The van der Waals surface area contributed by atoms with E-state index in [1.165, 1.54) is 0 Å². The SMILES string of the molecule is CCCN=C(NN)NCCCC(N)=O. The number of hydrogen-bond acceptors (Lipinski definition) is 3. The van der Waals surface area contributed by atoms with Crippen LogP contribution in [0.3, 0.4) is 0 Å². The highest BCUT2D eigenvalue weighted by atomic mass is 16.1. The van der Waals surface area contributed by atoms with Crippen molar-refractivity contribution in [2.75, 3.05) is 13.1 Å². The highest BCUT2D eigenvalue weighted by molar-refractivity contribution is 5.79. The zero-order chi connectivity index (χ0) is 10.8. The van der Waals surface area contributed by atoms with Crippen molar-refractivity contribution in [3.8, 4) is 0 Å². The number of nitrogens with two attached hydrogens (primary N) is 2. The van der Waals surface area contributed by atoms with E-state index in [1.54, 1.807) is 0 Å². The van der Waals surface area contributed by atoms with E-state index in [1.807, 2.05) is 6.92 Å². The lowest BCUT2D eigenvalue weighted by atomic mass is 10.3. The standard InChI is InChI=1S/C8H19N5O/c1-2-5-11-8(13-10)12-6-3-4-7(9)14/h2-6,10H2,1H3,(H2,9,14)(H2,11,12,13). The number of hydrogen-bond donors (Lipinski definition) is 4. The van der Waals surface area contributed by atoms with Crippen LogP contribution in [0.4, 0.5) is 0 Å². The Labute approximate surface area is 84.1 Å². The Balaban J connectivity index is 3.57. The Hall–Kier alpha value is -1.30. The number of carbonyl (C=O) groups excluding carboxylic acids is 1. The minimum Gasteiger partial charge on any atom is -0.370 e. The van der Waals surface area contributed by atoms with Crippen LogP contribution in [-0.4, -0.2) is 25.0 Å². The maximum atomic E-state index is 10.4. The van der Waals surface area contributed by atoms with Gasteiger partial charge in [-0.05, 0) is 12.8 Å². The van der Waals surface area contributed by atoms with Crippen LogP contribution in [-0.2, 0) is 4.79 Å². The smallest absolute Gasteiger partial charge is 0.217 e. The molecule has 0 radical (unpaired) electrons. The van der Waals surface area contributed by atoms with Crippen molar-refractivity contribution < 1.29 is 4.79 Å². The van der Waals surface area contributed by atoms with Crippen LogP contribution in [0, 0.1) is 0 Å². The Kier molecular flexibility index (Phi) is 7.53. The molecule has 0 aromatic carbocycles. The van der Waals surface area contributed by atoms with Crippen LogP contribution in [0.5, 0.6) is 0 Å². The van der Waals surface area contributed by atoms with E-state index in [-0.39, 0.29) is 5.91 Å². The van der Waals surface area contributed by atoms with E-state index in [9.17, 15) is 4.79 Å². The van der Waals surface area contributed by atoms with Gasteiger partial charge in [0.15, 0.2) is 0 Å². The summed E-state index contributed by atoms with van der Waals surface area (Å²) in [6.07, 6.45) is 2.02. The van der Waals surface area contributed by atoms with Crippen LogP contribution in [0.1, 0.15) is 26.2 Å². The predicted octanol–water partition coefficient (Wildman–Crippen LogP) is -0.929. The van der Waals surface area contributed by atoms with Gasteiger partial charge in [-0.3, -0.25) is 15.2 Å². The lowest BCUT2D eigenvalue weighted by Gasteiger charge is -2.07. The number of aliphatic imine (C=N–C) groups is 1. The second-order valence-electron chi connectivity index (χ2n) is 2.87. The molecule has 82 valence electrons. The molecule has 0 saturated carbocycles. The van der Waals surface area contributed by atoms with Gasteiger partial charge in [0.25, 0.3) is 0 Å². The highest BCUT2D eigenvalue weighted by Gasteiger charge is 1.96. The monoisotopic (exact) mass is 201 g/mol. The maximum absolute atomic E-state index is 10.4. The van der Waals surface area contributed by atoms with Crippen molar-refractivity contribution >= 4 is 11.9 Å². The number of hydrazine groups is 1. The van der Waals surface area contributed by atoms with Crippen molar-refractivity contribution in [2.24, 2.45) is 16.6 Å². The largest absolute Gasteiger partial charge is 0.370 e. The van der Waals surface area contributed by atoms with Gasteiger partial charge in [0.1, 0.15) is 0 Å². The molecule has 0 rings (SSSR count). The third kappa shape index (κ3) is 7.35. The molecule has 0 spiro atoms. The Bertz CT molecular complexity index is 192. The first-order chi connectivity index (χ1) is 6.70. The maximum Gasteiger partial charge on any atom is 0.217 e. The number of amides is 1. The van der Waals surface area contributed by atoms with Gasteiger partial charge in [0, 0.05) is 19.5 Å². The van der Waals surface area contributed by atoms with Gasteiger partial charge in [-0.25, -0.2) is 5.84 Å². The fourth-order valence-electron chi connectivity index (χ4n) is 0.846. The molecule has 14 heavy (non-hydrogen) atoms. The molecule has 0 aromatic heterocycles. The molecule has 0 bridgehead atoms. The molecule has 0 aliphatic carbocycles. The fourth-order valence-corrected chi connectivity index (χ4v) is 0.846. The van der Waals surface area contributed by atoms with Crippen LogP contribution in [0.15, 0.2) is 4.99 Å². The second kappa shape index (κ2) is 8.31. The predicted molar refractivity (Wildman–Crippen MR) is 56.3 cm³/mol. The summed E-state index contributed by atoms with van der Waals surface area (Å²) in [7, 11) is 0. The van der Waals surface area contributed by atoms with Crippen molar-refractivity contribution in [1.82, 2.24) is 10.7 Å². The van der Waals surface area contributed by atoms with Gasteiger partial charge < -0.3 is 11.1 Å². The number of rotatable bonds is 6. The normalized spacial score (nSPS) is 11.1. The van der Waals surface area contributed by atoms with E-state index in [2.05, 4.69) is 15.7 Å². The summed E-state index contributed by atoms with van der Waals surface area (Å²) in [5.41, 5.74) is 7.43. The second-order valence-corrected chi connectivity index (χ2v) is 2.87. The molecule has 6 nitrogen and oxygen atoms in total. The van der Waals surface area contributed by atoms with Gasteiger partial charge >= 0.3 is 0 Å². The van der Waals surface area contributed by atoms with Gasteiger partial charge in [0.2, 0.25) is 11.9 Å². The molecule has 0 saturated heterocycles. The number of primary amides is 1. The van der Waals surface area contributed by atoms with Gasteiger partial charge in [-0.2, -0.15) is 0 Å². The number of guanidine groups is 1. The Morgan fingerprint density at radius 3 is 2.71 bits per heavy atom. The van der Waals surface area contributed by atoms with E-state index in [0.717, 1.165) is 13.0 Å². The molecule has 0 aliphatic heterocycles. The zero-order valence-corrected chi connectivity index (χ0v) is 8.55. The van der Waals surface area contributed by atoms with Crippen LogP contribution in [0.25, 0.3) is 0 Å². The quantitative estimate of drug-likeness (QED) is 0.146. The first-order valence-corrected chi connectivity index (χ1v) is 4.74. The zero-order valence-electron chi connectivity index (χ0n) is 8.55. The molecule has 0 fully saturated rings. The van der Waals surface area contributed by atoms with Crippen molar-refractivity contribution in [1.29, 1.82) is 0 Å². The van der Waals surface area contributed by atoms with E-state index in [4.69, 9.17) is 11.6 Å². The summed E-state index contributed by atoms with van der Waals surface area (Å²) in [5, 5.41) is 2.97. The van der Waals surface area contributed by atoms with E-state index >= 15 is 0 Å². The highest BCUT2D eigenvalue weighted by Crippen LogP contribution is 1.84. The number of nitrogens with one attached hydrogen (secondary N) is 2. The first kappa shape index (κ1) is 12.7. The van der Waals surface area contributed by atoms with Crippen molar-refractivity contribution in [3.05, 3.63) is 0 Å². The van der Waals surface area contributed by atoms with Gasteiger partial charge in [0.05, 0.1) is 0 Å². The summed E-state index contributed by atoms with van der Waals surface area (Å²) in [6.45, 7) is 3.39. The average molecular weight is 201 g/mol. The van der Waals surface area contributed by atoms with E-state index < -0.39 is 0 Å². The average Bonchev–Trinajstić information content (AvgIpc) is 2.16. The molecule has 0 unspecified atom stereocenters. The minimum absolute atomic E-state index is 0.292. The minimum atomic E-state index is -0.292. The summed E-state index contributed by atoms with van der Waals surface area (Å²) in [4.78, 5) is 14.5. The molecule has 1 amide bonds. The molecular weight excluding hydrogens is 182 g/mol.